The van der Waals surface area contributed by atoms with E-state index < -0.39 is 11.7 Å². The third kappa shape index (κ3) is 2.20. The molecule has 0 aromatic carbocycles. The second-order valence-electron chi connectivity index (χ2n) is 5.04. The lowest BCUT2D eigenvalue weighted by atomic mass is 9.87. The summed E-state index contributed by atoms with van der Waals surface area (Å²) in [5, 5.41) is 9.02. The molecule has 2 heterocycles. The number of rotatable bonds is 1. The highest BCUT2D eigenvalue weighted by Gasteiger charge is 2.49. The number of nitrogens with zero attached hydrogens (tertiary/aromatic N) is 2. The molecule has 0 bridgehead atoms. The average molecular weight is 254 g/mol. The Labute approximate surface area is 106 Å². The molecule has 1 spiro atoms. The van der Waals surface area contributed by atoms with Crippen LogP contribution in [0.2, 0.25) is 0 Å². The third-order valence-electron chi connectivity index (χ3n) is 3.35. The zero-order valence-corrected chi connectivity index (χ0v) is 10.7. The summed E-state index contributed by atoms with van der Waals surface area (Å²) in [6, 6.07) is 0. The highest BCUT2D eigenvalue weighted by Crippen LogP contribution is 2.34. The van der Waals surface area contributed by atoms with Gasteiger partial charge in [-0.25, -0.2) is 4.79 Å². The van der Waals surface area contributed by atoms with Gasteiger partial charge in [0.25, 0.3) is 0 Å². The third-order valence-corrected chi connectivity index (χ3v) is 3.35. The van der Waals surface area contributed by atoms with Gasteiger partial charge in [0.2, 0.25) is 0 Å². The monoisotopic (exact) mass is 254 g/mol. The van der Waals surface area contributed by atoms with E-state index in [1.54, 1.807) is 11.1 Å². The summed E-state index contributed by atoms with van der Waals surface area (Å²) in [7, 11) is 3.69. The van der Waals surface area contributed by atoms with Gasteiger partial charge in [-0.3, -0.25) is 4.79 Å². The number of hydrogen-bond donors (Lipinski definition) is 1. The first-order chi connectivity index (χ1) is 8.44. The van der Waals surface area contributed by atoms with E-state index in [2.05, 4.69) is 0 Å². The SMILES string of the molecule is CN(C)/C=C1\COC2(CCCN(C(=O)O)C2)C1=O. The van der Waals surface area contributed by atoms with E-state index in [0.29, 0.717) is 25.0 Å². The number of ketones is 1. The van der Waals surface area contributed by atoms with Crippen LogP contribution in [0.1, 0.15) is 12.8 Å². The lowest BCUT2D eigenvalue weighted by Crippen LogP contribution is -2.53. The van der Waals surface area contributed by atoms with Crippen LogP contribution in [0.25, 0.3) is 0 Å². The van der Waals surface area contributed by atoms with Crippen LogP contribution in [-0.4, -0.2) is 66.2 Å². The van der Waals surface area contributed by atoms with Crippen LogP contribution in [0.5, 0.6) is 0 Å². The normalized spacial score (nSPS) is 30.2. The number of hydrogen-bond acceptors (Lipinski definition) is 4. The van der Waals surface area contributed by atoms with Crippen molar-refractivity contribution in [1.29, 1.82) is 0 Å². The van der Waals surface area contributed by atoms with Gasteiger partial charge in [0, 0.05) is 32.4 Å². The van der Waals surface area contributed by atoms with Gasteiger partial charge < -0.3 is 19.6 Å². The van der Waals surface area contributed by atoms with Gasteiger partial charge in [0.1, 0.15) is 5.60 Å². The van der Waals surface area contributed by atoms with Crippen LogP contribution in [0.15, 0.2) is 11.8 Å². The molecule has 1 N–H and O–H groups in total. The number of piperidine rings is 1. The van der Waals surface area contributed by atoms with E-state index in [1.165, 1.54) is 4.90 Å². The number of carbonyl (C=O) groups is 2. The van der Waals surface area contributed by atoms with Crippen molar-refractivity contribution < 1.29 is 19.4 Å². The van der Waals surface area contributed by atoms with Crippen molar-refractivity contribution in [2.45, 2.75) is 18.4 Å². The summed E-state index contributed by atoms with van der Waals surface area (Å²) in [5.41, 5.74) is -0.328. The van der Waals surface area contributed by atoms with Crippen LogP contribution in [0.3, 0.4) is 0 Å². The van der Waals surface area contributed by atoms with Crippen molar-refractivity contribution in [2.24, 2.45) is 0 Å². The van der Waals surface area contributed by atoms with E-state index >= 15 is 0 Å². The first-order valence-electron chi connectivity index (χ1n) is 5.98. The Morgan fingerprint density at radius 3 is 2.89 bits per heavy atom. The molecular formula is C12H18N2O4. The molecule has 1 atom stereocenters. The van der Waals surface area contributed by atoms with Crippen LogP contribution in [-0.2, 0) is 9.53 Å². The summed E-state index contributed by atoms with van der Waals surface area (Å²) < 4.78 is 5.64. The first kappa shape index (κ1) is 12.9. The van der Waals surface area contributed by atoms with Gasteiger partial charge in [-0.2, -0.15) is 0 Å². The Balaban J connectivity index is 2.18. The molecule has 0 aromatic heterocycles. The lowest BCUT2D eigenvalue weighted by Gasteiger charge is -2.36. The maximum absolute atomic E-state index is 12.3. The van der Waals surface area contributed by atoms with Crippen molar-refractivity contribution in [3.63, 3.8) is 0 Å². The Morgan fingerprint density at radius 2 is 2.28 bits per heavy atom. The number of likely N-dealkylation sites (tertiary alicyclic amines) is 1. The summed E-state index contributed by atoms with van der Waals surface area (Å²) in [5.74, 6) is -0.0675. The van der Waals surface area contributed by atoms with Crippen molar-refractivity contribution in [2.75, 3.05) is 33.8 Å². The van der Waals surface area contributed by atoms with Gasteiger partial charge in [0.05, 0.1) is 13.2 Å². The molecule has 1 amide bonds. The van der Waals surface area contributed by atoms with Crippen molar-refractivity contribution in [3.05, 3.63) is 11.8 Å². The van der Waals surface area contributed by atoms with Crippen molar-refractivity contribution in [3.8, 4) is 0 Å². The molecule has 2 aliphatic heterocycles. The van der Waals surface area contributed by atoms with Crippen LogP contribution < -0.4 is 0 Å². The number of Topliss-reactive ketones (excluding diaryl/α,β-unsaturated/α-hetero) is 1. The number of carbonyl (C=O) groups excluding carboxylic acids is 1. The molecule has 2 aliphatic rings. The second kappa shape index (κ2) is 4.61. The van der Waals surface area contributed by atoms with Crippen LogP contribution in [0, 0.1) is 0 Å². The molecule has 0 aromatic rings. The maximum Gasteiger partial charge on any atom is 0.407 e. The minimum atomic E-state index is -0.990. The highest BCUT2D eigenvalue weighted by atomic mass is 16.5. The number of carboxylic acid groups (broad SMARTS) is 1. The van der Waals surface area contributed by atoms with Crippen molar-refractivity contribution >= 4 is 11.9 Å². The summed E-state index contributed by atoms with van der Waals surface area (Å²) >= 11 is 0. The molecule has 0 radical (unpaired) electrons. The molecule has 18 heavy (non-hydrogen) atoms. The summed E-state index contributed by atoms with van der Waals surface area (Å²) in [6.45, 7) is 0.886. The van der Waals surface area contributed by atoms with E-state index in [4.69, 9.17) is 9.84 Å². The summed E-state index contributed by atoms with van der Waals surface area (Å²) in [4.78, 5) is 26.4. The van der Waals surface area contributed by atoms with E-state index in [-0.39, 0.29) is 18.9 Å². The van der Waals surface area contributed by atoms with E-state index in [1.807, 2.05) is 14.1 Å². The smallest absolute Gasteiger partial charge is 0.407 e. The quantitative estimate of drug-likeness (QED) is 0.692. The van der Waals surface area contributed by atoms with Gasteiger partial charge in [0.15, 0.2) is 5.78 Å². The van der Waals surface area contributed by atoms with E-state index in [0.717, 1.165) is 0 Å². The standard InChI is InChI=1S/C12H18N2O4/c1-13(2)6-9-7-18-12(10(9)15)4-3-5-14(8-12)11(16)17/h6H,3-5,7-8H2,1-2H3,(H,16,17)/b9-6+. The van der Waals surface area contributed by atoms with Crippen LogP contribution >= 0.6 is 0 Å². The molecule has 6 nitrogen and oxygen atoms in total. The molecule has 0 aliphatic carbocycles. The molecule has 6 heteroatoms. The highest BCUT2D eigenvalue weighted by molar-refractivity contribution is 6.04. The molecule has 2 saturated heterocycles. The lowest BCUT2D eigenvalue weighted by molar-refractivity contribution is -0.135. The molecule has 2 fully saturated rings. The molecule has 2 rings (SSSR count). The molecular weight excluding hydrogens is 236 g/mol. The number of ether oxygens (including phenoxy) is 1. The van der Waals surface area contributed by atoms with Gasteiger partial charge in [-0.15, -0.1) is 0 Å². The predicted octanol–water partition coefficient (Wildman–Crippen LogP) is 0.544. The van der Waals surface area contributed by atoms with E-state index in [9.17, 15) is 9.59 Å². The zero-order valence-electron chi connectivity index (χ0n) is 10.7. The van der Waals surface area contributed by atoms with Gasteiger partial charge in [-0.05, 0) is 12.8 Å². The fraction of sp³-hybridized carbons (Fsp3) is 0.667. The van der Waals surface area contributed by atoms with Crippen LogP contribution in [0.4, 0.5) is 4.79 Å². The van der Waals surface area contributed by atoms with Crippen molar-refractivity contribution in [1.82, 2.24) is 9.80 Å². The average Bonchev–Trinajstić information content (AvgIpc) is 2.58. The topological polar surface area (TPSA) is 70.1 Å². The second-order valence-corrected chi connectivity index (χ2v) is 5.04. The Hall–Kier alpha value is -1.56. The first-order valence-corrected chi connectivity index (χ1v) is 5.98. The molecule has 1 unspecified atom stereocenters. The maximum atomic E-state index is 12.3. The van der Waals surface area contributed by atoms with Gasteiger partial charge in [-0.1, -0.05) is 0 Å². The Morgan fingerprint density at radius 1 is 1.56 bits per heavy atom. The molecule has 100 valence electrons. The summed E-state index contributed by atoms with van der Waals surface area (Å²) in [6.07, 6.45) is 2.01. The predicted molar refractivity (Wildman–Crippen MR) is 64.3 cm³/mol. The fourth-order valence-corrected chi connectivity index (χ4v) is 2.54. The molecule has 0 saturated carbocycles. The Kier molecular flexibility index (Phi) is 3.30. The Bertz CT molecular complexity index is 405. The minimum Gasteiger partial charge on any atom is -0.465 e. The fourth-order valence-electron chi connectivity index (χ4n) is 2.54. The number of amides is 1. The largest absolute Gasteiger partial charge is 0.465 e. The van der Waals surface area contributed by atoms with Gasteiger partial charge >= 0.3 is 6.09 Å². The minimum absolute atomic E-state index is 0.0675. The zero-order chi connectivity index (χ0) is 13.3.